The van der Waals surface area contributed by atoms with E-state index in [-0.39, 0.29) is 25.5 Å². The molecule has 0 unspecified atom stereocenters. The fourth-order valence-electron chi connectivity index (χ4n) is 6.77. The van der Waals surface area contributed by atoms with Crippen molar-refractivity contribution in [3.05, 3.63) is 164 Å². The van der Waals surface area contributed by atoms with Crippen LogP contribution in [0.1, 0.15) is 26.3 Å². The summed E-state index contributed by atoms with van der Waals surface area (Å²) in [5.74, 6) is 0. The molecule has 3 nitrogen and oxygen atoms in total. The molecule has 8 aromatic rings. The smallest absolute Gasteiger partial charge is 0.128 e. The zero-order valence-corrected chi connectivity index (χ0v) is 34.6. The van der Waals surface area contributed by atoms with Gasteiger partial charge in [-0.1, -0.05) is 148 Å². The van der Waals surface area contributed by atoms with Crippen LogP contribution in [0.2, 0.25) is 19.6 Å². The van der Waals surface area contributed by atoms with Crippen molar-refractivity contribution in [1.29, 1.82) is 0 Å². The number of pyridine rings is 2. The summed E-state index contributed by atoms with van der Waals surface area (Å²) in [7, 11) is -1.37. The van der Waals surface area contributed by atoms with Gasteiger partial charge in [0.15, 0.2) is 0 Å². The molecule has 8 rings (SSSR count). The van der Waals surface area contributed by atoms with Gasteiger partial charge in [0.25, 0.3) is 0 Å². The molecule has 0 fully saturated rings. The second-order valence-corrected chi connectivity index (χ2v) is 20.6. The Kier molecular flexibility index (Phi) is 11.4. The molecule has 5 heteroatoms. The number of furan rings is 1. The van der Waals surface area contributed by atoms with Crippen LogP contribution in [0, 0.1) is 17.5 Å². The Labute approximate surface area is 328 Å². The third-order valence-corrected chi connectivity index (χ3v) is 11.2. The molecule has 267 valence electrons. The van der Waals surface area contributed by atoms with Crippen molar-refractivity contribution < 1.29 is 24.5 Å². The Hall–Kier alpha value is -4.93. The van der Waals surface area contributed by atoms with Crippen LogP contribution in [0.3, 0.4) is 0 Å². The Balaban J connectivity index is 0.000000193. The molecule has 0 spiro atoms. The van der Waals surface area contributed by atoms with Gasteiger partial charge in [-0.25, -0.2) is 0 Å². The molecule has 0 saturated carbocycles. The number of hydrogen-bond donors (Lipinski definition) is 0. The topological polar surface area (TPSA) is 38.9 Å². The van der Waals surface area contributed by atoms with Crippen LogP contribution in [0.15, 0.2) is 150 Å². The fraction of sp³-hybridized carbons (Fsp3) is 0.167. The molecule has 0 aliphatic carbocycles. The standard InChI is InChI=1S/C29H18NO.C19H26NSi.Ir/c1-3-9-20(10-4-1)22-17-18-30-27(19-22)26-16-8-15-25-24-14-7-13-23(28(24)31-29(25)26)21-11-5-2-6-12-21;1-19(2,3)13-16-12-17(15-10-8-7-9-11-15)20-14-18(16)21(4,5)6;/h1-15,17-19H;7-10,12,14H,13H2,1-6H3;/q2*-1;. The molecule has 3 aromatic heterocycles. The largest absolute Gasteiger partial charge is 0.500 e. The van der Waals surface area contributed by atoms with Gasteiger partial charge < -0.3 is 14.4 Å². The van der Waals surface area contributed by atoms with E-state index in [9.17, 15) is 0 Å². The molecule has 0 saturated heterocycles. The molecule has 5 aromatic carbocycles. The molecule has 53 heavy (non-hydrogen) atoms. The van der Waals surface area contributed by atoms with Gasteiger partial charge in [-0.3, -0.25) is 0 Å². The minimum Gasteiger partial charge on any atom is -0.500 e. The summed E-state index contributed by atoms with van der Waals surface area (Å²) in [6, 6.07) is 52.2. The van der Waals surface area contributed by atoms with Gasteiger partial charge in [-0.2, -0.15) is 0 Å². The predicted molar refractivity (Wildman–Crippen MR) is 221 cm³/mol. The van der Waals surface area contributed by atoms with Crippen LogP contribution in [-0.4, -0.2) is 18.0 Å². The SMILES string of the molecule is CC(C)(C)Cc1cc(-c2[c-]cccc2)ncc1[Si](C)(C)C.[Ir].[c-]1ccc2c(oc3c(-c4ccccc4)cccc32)c1-c1cc(-c2ccccc2)ccn1. The van der Waals surface area contributed by atoms with E-state index in [1.807, 2.05) is 60.8 Å². The molecular formula is C48H44IrN2OSi-2. The van der Waals surface area contributed by atoms with E-state index in [2.05, 4.69) is 143 Å². The maximum Gasteiger partial charge on any atom is 0.128 e. The molecular weight excluding hydrogens is 841 g/mol. The van der Waals surface area contributed by atoms with Crippen LogP contribution in [-0.2, 0) is 26.5 Å². The molecule has 1 radical (unpaired) electrons. The summed E-state index contributed by atoms with van der Waals surface area (Å²) in [4.78, 5) is 9.35. The monoisotopic (exact) mass is 885 g/mol. The number of hydrogen-bond acceptors (Lipinski definition) is 3. The predicted octanol–water partition coefficient (Wildman–Crippen LogP) is 12.5. The number of nitrogens with zero attached hydrogens (tertiary/aromatic N) is 2. The maximum absolute atomic E-state index is 6.50. The van der Waals surface area contributed by atoms with Crippen molar-refractivity contribution in [1.82, 2.24) is 9.97 Å². The summed E-state index contributed by atoms with van der Waals surface area (Å²) in [5.41, 5.74) is 11.8. The van der Waals surface area contributed by atoms with Crippen molar-refractivity contribution in [3.8, 4) is 44.8 Å². The Morgan fingerprint density at radius 1 is 0.623 bits per heavy atom. The quantitative estimate of drug-likeness (QED) is 0.123. The van der Waals surface area contributed by atoms with E-state index < -0.39 is 8.07 Å². The first-order valence-electron chi connectivity index (χ1n) is 17.9. The second-order valence-electron chi connectivity index (χ2n) is 15.5. The maximum atomic E-state index is 6.50. The third-order valence-electron chi connectivity index (χ3n) is 9.17. The minimum atomic E-state index is -1.37. The molecule has 3 heterocycles. The van der Waals surface area contributed by atoms with E-state index in [0.29, 0.717) is 0 Å². The zero-order valence-electron chi connectivity index (χ0n) is 31.2. The van der Waals surface area contributed by atoms with Crippen molar-refractivity contribution in [3.63, 3.8) is 0 Å². The van der Waals surface area contributed by atoms with E-state index >= 15 is 0 Å². The van der Waals surface area contributed by atoms with Gasteiger partial charge in [-0.15, -0.1) is 54.1 Å². The van der Waals surface area contributed by atoms with Gasteiger partial charge in [-0.05, 0) is 51.2 Å². The van der Waals surface area contributed by atoms with E-state index in [1.54, 1.807) is 0 Å². The molecule has 0 atom stereocenters. The second kappa shape index (κ2) is 16.0. The first-order chi connectivity index (χ1) is 25.0. The Morgan fingerprint density at radius 3 is 2.00 bits per heavy atom. The summed E-state index contributed by atoms with van der Waals surface area (Å²) in [6.07, 6.45) is 5.06. The van der Waals surface area contributed by atoms with Crippen molar-refractivity contribution >= 4 is 35.2 Å². The van der Waals surface area contributed by atoms with Crippen molar-refractivity contribution in [2.75, 3.05) is 0 Å². The number of para-hydroxylation sites is 1. The van der Waals surface area contributed by atoms with Gasteiger partial charge in [0, 0.05) is 43.4 Å². The number of rotatable bonds is 6. The van der Waals surface area contributed by atoms with E-state index in [1.165, 1.54) is 10.8 Å². The van der Waals surface area contributed by atoms with Crippen molar-refractivity contribution in [2.24, 2.45) is 5.41 Å². The van der Waals surface area contributed by atoms with Crippen molar-refractivity contribution in [2.45, 2.75) is 46.8 Å². The third kappa shape index (κ3) is 8.66. The number of aromatic nitrogens is 2. The summed E-state index contributed by atoms with van der Waals surface area (Å²) >= 11 is 0. The van der Waals surface area contributed by atoms with E-state index in [0.717, 1.165) is 73.1 Å². The van der Waals surface area contributed by atoms with Crippen LogP contribution >= 0.6 is 0 Å². The van der Waals surface area contributed by atoms with Crippen LogP contribution < -0.4 is 5.19 Å². The Bertz CT molecular complexity index is 2450. The van der Waals surface area contributed by atoms with Gasteiger partial charge in [0.1, 0.15) is 5.58 Å². The van der Waals surface area contributed by atoms with Crippen LogP contribution in [0.4, 0.5) is 0 Å². The summed E-state index contributed by atoms with van der Waals surface area (Å²) in [6.45, 7) is 14.1. The molecule has 0 aliphatic rings. The first kappa shape index (κ1) is 37.8. The average Bonchev–Trinajstić information content (AvgIpc) is 3.54. The fourth-order valence-corrected chi connectivity index (χ4v) is 8.34. The van der Waals surface area contributed by atoms with Gasteiger partial charge in [0.2, 0.25) is 0 Å². The summed E-state index contributed by atoms with van der Waals surface area (Å²) in [5, 5.41) is 3.66. The molecule has 0 N–H and O–H groups in total. The van der Waals surface area contributed by atoms with Gasteiger partial charge >= 0.3 is 0 Å². The molecule has 0 bridgehead atoms. The van der Waals surface area contributed by atoms with Gasteiger partial charge in [0.05, 0.1) is 13.7 Å². The van der Waals surface area contributed by atoms with Crippen LogP contribution in [0.5, 0.6) is 0 Å². The number of fused-ring (bicyclic) bond motifs is 3. The zero-order chi connectivity index (χ0) is 36.3. The average molecular weight is 885 g/mol. The number of benzene rings is 5. The normalized spacial score (nSPS) is 11.5. The molecule has 0 amide bonds. The minimum absolute atomic E-state index is 0. The summed E-state index contributed by atoms with van der Waals surface area (Å²) < 4.78 is 6.50. The molecule has 0 aliphatic heterocycles. The first-order valence-corrected chi connectivity index (χ1v) is 21.4. The van der Waals surface area contributed by atoms with Crippen LogP contribution in [0.25, 0.3) is 66.7 Å². The van der Waals surface area contributed by atoms with E-state index in [4.69, 9.17) is 9.40 Å². The Morgan fingerprint density at radius 2 is 1.32 bits per heavy atom.